The van der Waals surface area contributed by atoms with E-state index in [0.717, 1.165) is 5.56 Å². The zero-order valence-corrected chi connectivity index (χ0v) is 13.6. The first kappa shape index (κ1) is 16.5. The van der Waals surface area contributed by atoms with Gasteiger partial charge in [0, 0.05) is 18.0 Å². The highest BCUT2D eigenvalue weighted by Crippen LogP contribution is 2.38. The molecule has 1 aromatic heterocycles. The number of ether oxygens (including phenoxy) is 3. The molecule has 0 saturated heterocycles. The Balaban J connectivity index is 2.41. The maximum atomic E-state index is 12.6. The van der Waals surface area contributed by atoms with Crippen LogP contribution in [0.25, 0.3) is 6.08 Å². The average molecular weight is 313 g/mol. The van der Waals surface area contributed by atoms with Crippen LogP contribution in [0.2, 0.25) is 0 Å². The molecule has 0 spiro atoms. The molecular weight excluding hydrogens is 294 g/mol. The number of hydrogen-bond donors (Lipinski definition) is 0. The second-order valence-corrected chi connectivity index (χ2v) is 4.86. The topological polar surface area (TPSA) is 57.7 Å². The first-order valence-corrected chi connectivity index (χ1v) is 7.03. The van der Waals surface area contributed by atoms with Crippen LogP contribution in [0.3, 0.4) is 0 Å². The van der Waals surface area contributed by atoms with Gasteiger partial charge in [0.25, 0.3) is 0 Å². The van der Waals surface area contributed by atoms with Crippen molar-refractivity contribution in [3.05, 3.63) is 53.4 Å². The van der Waals surface area contributed by atoms with Gasteiger partial charge in [0.2, 0.25) is 5.75 Å². The molecule has 120 valence electrons. The van der Waals surface area contributed by atoms with Gasteiger partial charge in [-0.25, -0.2) is 0 Å². The van der Waals surface area contributed by atoms with Crippen molar-refractivity contribution in [2.75, 3.05) is 21.3 Å². The highest BCUT2D eigenvalue weighted by Gasteiger charge is 2.17. The Bertz CT molecular complexity index is 698. The Morgan fingerprint density at radius 3 is 2.22 bits per heavy atom. The van der Waals surface area contributed by atoms with E-state index < -0.39 is 0 Å². The van der Waals surface area contributed by atoms with Gasteiger partial charge in [0.15, 0.2) is 17.3 Å². The monoisotopic (exact) mass is 313 g/mol. The maximum absolute atomic E-state index is 12.6. The summed E-state index contributed by atoms with van der Waals surface area (Å²) in [6.45, 7) is 1.76. The highest BCUT2D eigenvalue weighted by atomic mass is 16.5. The molecule has 0 radical (unpaired) electrons. The number of benzene rings is 1. The van der Waals surface area contributed by atoms with Gasteiger partial charge in [0.05, 0.1) is 21.3 Å². The molecule has 0 atom stereocenters. The molecule has 0 N–H and O–H groups in total. The fourth-order valence-corrected chi connectivity index (χ4v) is 2.22. The lowest BCUT2D eigenvalue weighted by molar-refractivity contribution is 0.103. The van der Waals surface area contributed by atoms with E-state index in [9.17, 15) is 4.79 Å². The van der Waals surface area contributed by atoms with E-state index in [1.54, 1.807) is 37.5 Å². The first-order chi connectivity index (χ1) is 11.1. The van der Waals surface area contributed by atoms with Crippen LogP contribution in [0.4, 0.5) is 0 Å². The second kappa shape index (κ2) is 7.45. The summed E-state index contributed by atoms with van der Waals surface area (Å²) in [5, 5.41) is 0. The van der Waals surface area contributed by atoms with E-state index in [0.29, 0.717) is 28.4 Å². The molecule has 5 nitrogen and oxygen atoms in total. The van der Waals surface area contributed by atoms with Crippen LogP contribution in [0.15, 0.2) is 42.2 Å². The van der Waals surface area contributed by atoms with E-state index in [4.69, 9.17) is 14.2 Å². The molecule has 0 unspecified atom stereocenters. The predicted octanol–water partition coefficient (Wildman–Crippen LogP) is 3.39. The fourth-order valence-electron chi connectivity index (χ4n) is 2.22. The number of pyridine rings is 1. The summed E-state index contributed by atoms with van der Waals surface area (Å²) < 4.78 is 15.8. The SMILES string of the molecule is COc1cc(C(=O)C(C)=Cc2cccnc2)cc(OC)c1OC. The van der Waals surface area contributed by atoms with Crippen LogP contribution in [-0.4, -0.2) is 32.1 Å². The van der Waals surface area contributed by atoms with Crippen molar-refractivity contribution in [2.45, 2.75) is 6.92 Å². The lowest BCUT2D eigenvalue weighted by Crippen LogP contribution is -2.04. The van der Waals surface area contributed by atoms with Crippen molar-refractivity contribution in [3.63, 3.8) is 0 Å². The number of methoxy groups -OCH3 is 3. The van der Waals surface area contributed by atoms with Gasteiger partial charge in [-0.05, 0) is 42.3 Å². The molecule has 0 aliphatic rings. The molecule has 0 fully saturated rings. The Kier molecular flexibility index (Phi) is 5.36. The van der Waals surface area contributed by atoms with Gasteiger partial charge in [0.1, 0.15) is 0 Å². The van der Waals surface area contributed by atoms with E-state index in [1.165, 1.54) is 21.3 Å². The van der Waals surface area contributed by atoms with Crippen molar-refractivity contribution >= 4 is 11.9 Å². The van der Waals surface area contributed by atoms with E-state index in [-0.39, 0.29) is 5.78 Å². The summed E-state index contributed by atoms with van der Waals surface area (Å²) >= 11 is 0. The van der Waals surface area contributed by atoms with Crippen molar-refractivity contribution < 1.29 is 19.0 Å². The third-order valence-electron chi connectivity index (χ3n) is 3.35. The number of nitrogens with zero attached hydrogens (tertiary/aromatic N) is 1. The summed E-state index contributed by atoms with van der Waals surface area (Å²) in [6.07, 6.45) is 5.18. The van der Waals surface area contributed by atoms with Gasteiger partial charge in [-0.1, -0.05) is 6.07 Å². The Hall–Kier alpha value is -2.82. The number of rotatable bonds is 6. The average Bonchev–Trinajstić information content (AvgIpc) is 2.60. The van der Waals surface area contributed by atoms with Gasteiger partial charge >= 0.3 is 0 Å². The van der Waals surface area contributed by atoms with Crippen LogP contribution in [0.1, 0.15) is 22.8 Å². The van der Waals surface area contributed by atoms with Gasteiger partial charge in [-0.3, -0.25) is 9.78 Å². The molecular formula is C18H19NO4. The minimum atomic E-state index is -0.117. The maximum Gasteiger partial charge on any atom is 0.203 e. The second-order valence-electron chi connectivity index (χ2n) is 4.86. The summed E-state index contributed by atoms with van der Waals surface area (Å²) in [6, 6.07) is 7.00. The molecule has 0 aliphatic heterocycles. The highest BCUT2D eigenvalue weighted by molar-refractivity contribution is 6.11. The zero-order chi connectivity index (χ0) is 16.8. The number of hydrogen-bond acceptors (Lipinski definition) is 5. The Labute approximate surface area is 135 Å². The molecule has 2 rings (SSSR count). The minimum Gasteiger partial charge on any atom is -0.493 e. The number of aromatic nitrogens is 1. The van der Waals surface area contributed by atoms with Crippen molar-refractivity contribution in [1.29, 1.82) is 0 Å². The van der Waals surface area contributed by atoms with Crippen molar-refractivity contribution in [2.24, 2.45) is 0 Å². The first-order valence-electron chi connectivity index (χ1n) is 7.03. The van der Waals surface area contributed by atoms with E-state index in [1.807, 2.05) is 12.1 Å². The lowest BCUT2D eigenvalue weighted by atomic mass is 10.0. The Morgan fingerprint density at radius 2 is 1.74 bits per heavy atom. The number of carbonyl (C=O) groups excluding carboxylic acids is 1. The molecule has 0 amide bonds. The van der Waals surface area contributed by atoms with Crippen LogP contribution in [0.5, 0.6) is 17.2 Å². The third kappa shape index (κ3) is 3.69. The summed E-state index contributed by atoms with van der Waals surface area (Å²) in [5.41, 5.74) is 1.93. The quantitative estimate of drug-likeness (QED) is 0.604. The number of allylic oxidation sites excluding steroid dienone is 1. The smallest absolute Gasteiger partial charge is 0.203 e. The number of carbonyl (C=O) groups is 1. The summed E-state index contributed by atoms with van der Waals surface area (Å²) in [5.74, 6) is 1.24. The third-order valence-corrected chi connectivity index (χ3v) is 3.35. The number of Topliss-reactive ketones (excluding diaryl/α,β-unsaturated/α-hetero) is 1. The fraction of sp³-hybridized carbons (Fsp3) is 0.222. The minimum absolute atomic E-state index is 0.117. The molecule has 1 aromatic carbocycles. The van der Waals surface area contributed by atoms with Gasteiger partial charge in [-0.2, -0.15) is 0 Å². The normalized spacial score (nSPS) is 11.0. The molecule has 23 heavy (non-hydrogen) atoms. The molecule has 0 bridgehead atoms. The van der Waals surface area contributed by atoms with Gasteiger partial charge < -0.3 is 14.2 Å². The van der Waals surface area contributed by atoms with Crippen LogP contribution in [-0.2, 0) is 0 Å². The predicted molar refractivity (Wildman–Crippen MR) is 88.3 cm³/mol. The molecule has 2 aromatic rings. The molecule has 0 saturated carbocycles. The van der Waals surface area contributed by atoms with Crippen molar-refractivity contribution in [1.82, 2.24) is 4.98 Å². The summed E-state index contributed by atoms with van der Waals surface area (Å²) in [4.78, 5) is 16.7. The molecule has 0 aliphatic carbocycles. The van der Waals surface area contributed by atoms with Crippen LogP contribution < -0.4 is 14.2 Å². The van der Waals surface area contributed by atoms with E-state index in [2.05, 4.69) is 4.98 Å². The zero-order valence-electron chi connectivity index (χ0n) is 13.6. The number of ketones is 1. The molecule has 5 heteroatoms. The summed E-state index contributed by atoms with van der Waals surface area (Å²) in [7, 11) is 4.56. The Morgan fingerprint density at radius 1 is 1.09 bits per heavy atom. The lowest BCUT2D eigenvalue weighted by Gasteiger charge is -2.13. The van der Waals surface area contributed by atoms with Gasteiger partial charge in [-0.15, -0.1) is 0 Å². The van der Waals surface area contributed by atoms with E-state index >= 15 is 0 Å². The van der Waals surface area contributed by atoms with Crippen LogP contribution >= 0.6 is 0 Å². The van der Waals surface area contributed by atoms with Crippen LogP contribution in [0, 0.1) is 0 Å². The molecule has 1 heterocycles. The largest absolute Gasteiger partial charge is 0.493 e. The van der Waals surface area contributed by atoms with Crippen molar-refractivity contribution in [3.8, 4) is 17.2 Å². The standard InChI is InChI=1S/C18H19NO4/c1-12(8-13-6-5-7-19-11-13)17(20)14-9-15(21-2)18(23-4)16(10-14)22-3/h5-11H,1-4H3.